The predicted octanol–water partition coefficient (Wildman–Crippen LogP) is 1.88. The summed E-state index contributed by atoms with van der Waals surface area (Å²) in [5, 5.41) is 4.50. The van der Waals surface area contributed by atoms with Gasteiger partial charge in [0.1, 0.15) is 12.1 Å². The van der Waals surface area contributed by atoms with E-state index in [1.807, 2.05) is 24.6 Å². The van der Waals surface area contributed by atoms with Gasteiger partial charge in [-0.2, -0.15) is 5.10 Å². The summed E-state index contributed by atoms with van der Waals surface area (Å²) in [5.74, 6) is 1.70. The normalized spacial score (nSPS) is 15.7. The molecule has 0 aliphatic carbocycles. The van der Waals surface area contributed by atoms with Gasteiger partial charge in [-0.1, -0.05) is 0 Å². The number of rotatable bonds is 2. The lowest BCUT2D eigenvalue weighted by atomic mass is 10.4. The van der Waals surface area contributed by atoms with Crippen molar-refractivity contribution in [3.8, 4) is 5.82 Å². The Morgan fingerprint density at radius 3 is 2.50 bits per heavy atom. The Hall–Kier alpha value is -1.47. The van der Waals surface area contributed by atoms with E-state index in [1.165, 1.54) is 0 Å². The van der Waals surface area contributed by atoms with E-state index < -0.39 is 0 Å². The second-order valence-corrected chi connectivity index (χ2v) is 5.52. The molecule has 0 aromatic carbocycles. The fraction of sp³-hybridized carbons (Fsp3) is 0.462. The molecule has 0 N–H and O–H groups in total. The molecule has 0 atom stereocenters. The molecule has 1 aliphatic rings. The summed E-state index contributed by atoms with van der Waals surface area (Å²) in [6.45, 7) is 7.18. The standard InChI is InChI=1S/C13H16BrN5O/c1-9-13(14)10(2)19(17-9)12-7-11(15-8-16-12)18-3-5-20-6-4-18/h7-8H,3-6H2,1-2H3. The maximum Gasteiger partial charge on any atom is 0.159 e. The van der Waals surface area contributed by atoms with Gasteiger partial charge in [-0.25, -0.2) is 14.6 Å². The topological polar surface area (TPSA) is 56.1 Å². The Kier molecular flexibility index (Phi) is 3.71. The van der Waals surface area contributed by atoms with Crippen LogP contribution in [0, 0.1) is 13.8 Å². The maximum absolute atomic E-state index is 5.37. The minimum absolute atomic E-state index is 0.741. The van der Waals surface area contributed by atoms with Crippen LogP contribution in [0.4, 0.5) is 5.82 Å². The molecular formula is C13H16BrN5O. The van der Waals surface area contributed by atoms with Gasteiger partial charge >= 0.3 is 0 Å². The molecule has 0 radical (unpaired) electrons. The molecule has 7 heteroatoms. The summed E-state index contributed by atoms with van der Waals surface area (Å²) in [6.07, 6.45) is 1.59. The van der Waals surface area contributed by atoms with E-state index in [4.69, 9.17) is 4.74 Å². The zero-order chi connectivity index (χ0) is 14.1. The summed E-state index contributed by atoms with van der Waals surface area (Å²) >= 11 is 3.54. The molecule has 106 valence electrons. The molecule has 6 nitrogen and oxygen atoms in total. The van der Waals surface area contributed by atoms with Gasteiger partial charge in [0.2, 0.25) is 0 Å². The van der Waals surface area contributed by atoms with Crippen LogP contribution < -0.4 is 4.90 Å². The minimum Gasteiger partial charge on any atom is -0.378 e. The molecule has 0 spiro atoms. The maximum atomic E-state index is 5.37. The van der Waals surface area contributed by atoms with Crippen LogP contribution in [0.15, 0.2) is 16.9 Å². The number of hydrogen-bond acceptors (Lipinski definition) is 5. The Bertz CT molecular complexity index is 621. The molecule has 3 heterocycles. The molecule has 0 amide bonds. The minimum atomic E-state index is 0.741. The van der Waals surface area contributed by atoms with Gasteiger partial charge in [0, 0.05) is 19.2 Å². The molecule has 0 bridgehead atoms. The third-order valence-corrected chi connectivity index (χ3v) is 4.54. The highest BCUT2D eigenvalue weighted by Crippen LogP contribution is 2.23. The lowest BCUT2D eigenvalue weighted by Crippen LogP contribution is -2.36. The van der Waals surface area contributed by atoms with Crippen molar-refractivity contribution >= 4 is 21.7 Å². The SMILES string of the molecule is Cc1nn(-c2cc(N3CCOCC3)ncn2)c(C)c1Br. The highest BCUT2D eigenvalue weighted by Gasteiger charge is 2.15. The lowest BCUT2D eigenvalue weighted by Gasteiger charge is -2.27. The number of nitrogens with zero attached hydrogens (tertiary/aromatic N) is 5. The number of anilines is 1. The van der Waals surface area contributed by atoms with Gasteiger partial charge in [-0.05, 0) is 29.8 Å². The quantitative estimate of drug-likeness (QED) is 0.837. The summed E-state index contributed by atoms with van der Waals surface area (Å²) in [4.78, 5) is 10.9. The van der Waals surface area contributed by atoms with Gasteiger partial charge < -0.3 is 9.64 Å². The van der Waals surface area contributed by atoms with Crippen molar-refractivity contribution in [3.63, 3.8) is 0 Å². The average Bonchev–Trinajstić information content (AvgIpc) is 2.76. The first kappa shape index (κ1) is 13.5. The van der Waals surface area contributed by atoms with Crippen molar-refractivity contribution in [2.75, 3.05) is 31.2 Å². The van der Waals surface area contributed by atoms with Gasteiger partial charge in [0.05, 0.1) is 29.1 Å². The van der Waals surface area contributed by atoms with Gasteiger partial charge in [-0.3, -0.25) is 0 Å². The van der Waals surface area contributed by atoms with E-state index in [0.717, 1.165) is 53.8 Å². The van der Waals surface area contributed by atoms with E-state index in [-0.39, 0.29) is 0 Å². The molecular weight excluding hydrogens is 322 g/mol. The number of hydrogen-bond donors (Lipinski definition) is 0. The van der Waals surface area contributed by atoms with Gasteiger partial charge in [0.15, 0.2) is 5.82 Å². The molecule has 1 fully saturated rings. The van der Waals surface area contributed by atoms with E-state index in [2.05, 4.69) is 35.9 Å². The molecule has 0 unspecified atom stereocenters. The first-order valence-corrected chi connectivity index (χ1v) is 7.33. The summed E-state index contributed by atoms with van der Waals surface area (Å²) in [6, 6.07) is 1.97. The van der Waals surface area contributed by atoms with Crippen molar-refractivity contribution < 1.29 is 4.74 Å². The van der Waals surface area contributed by atoms with Crippen LogP contribution in [0.5, 0.6) is 0 Å². The van der Waals surface area contributed by atoms with Crippen LogP contribution >= 0.6 is 15.9 Å². The van der Waals surface area contributed by atoms with E-state index in [9.17, 15) is 0 Å². The van der Waals surface area contributed by atoms with Crippen molar-refractivity contribution in [2.24, 2.45) is 0 Å². The number of morpholine rings is 1. The van der Waals surface area contributed by atoms with E-state index in [0.29, 0.717) is 0 Å². The number of halogens is 1. The number of aromatic nitrogens is 4. The largest absolute Gasteiger partial charge is 0.378 e. The third kappa shape index (κ3) is 2.43. The fourth-order valence-corrected chi connectivity index (χ4v) is 2.51. The average molecular weight is 338 g/mol. The molecule has 1 saturated heterocycles. The summed E-state index contributed by atoms with van der Waals surface area (Å²) < 4.78 is 8.22. The van der Waals surface area contributed by atoms with Crippen LogP contribution in [-0.4, -0.2) is 46.1 Å². The van der Waals surface area contributed by atoms with Crippen molar-refractivity contribution in [1.29, 1.82) is 0 Å². The lowest BCUT2D eigenvalue weighted by molar-refractivity contribution is 0.122. The van der Waals surface area contributed by atoms with E-state index in [1.54, 1.807) is 6.33 Å². The third-order valence-electron chi connectivity index (χ3n) is 3.39. The molecule has 0 saturated carbocycles. The smallest absolute Gasteiger partial charge is 0.159 e. The van der Waals surface area contributed by atoms with Crippen LogP contribution in [0.25, 0.3) is 5.82 Å². The second-order valence-electron chi connectivity index (χ2n) is 4.73. The van der Waals surface area contributed by atoms with Crippen LogP contribution in [0.1, 0.15) is 11.4 Å². The molecule has 20 heavy (non-hydrogen) atoms. The Labute approximate surface area is 125 Å². The molecule has 3 rings (SSSR count). The fourth-order valence-electron chi connectivity index (χ4n) is 2.27. The Morgan fingerprint density at radius 2 is 1.85 bits per heavy atom. The van der Waals surface area contributed by atoms with E-state index >= 15 is 0 Å². The number of aryl methyl sites for hydroxylation is 1. The van der Waals surface area contributed by atoms with Gasteiger partial charge in [0.25, 0.3) is 0 Å². The molecule has 2 aromatic heterocycles. The van der Waals surface area contributed by atoms with Crippen LogP contribution in [0.3, 0.4) is 0 Å². The second kappa shape index (κ2) is 5.49. The van der Waals surface area contributed by atoms with Crippen molar-refractivity contribution in [3.05, 3.63) is 28.3 Å². The highest BCUT2D eigenvalue weighted by molar-refractivity contribution is 9.10. The zero-order valence-corrected chi connectivity index (χ0v) is 13.1. The Morgan fingerprint density at radius 1 is 1.15 bits per heavy atom. The Balaban J connectivity index is 1.96. The first-order valence-electron chi connectivity index (χ1n) is 6.53. The molecule has 1 aliphatic heterocycles. The monoisotopic (exact) mass is 337 g/mol. The van der Waals surface area contributed by atoms with Crippen molar-refractivity contribution in [2.45, 2.75) is 13.8 Å². The number of ether oxygens (including phenoxy) is 1. The molecule has 2 aromatic rings. The first-order chi connectivity index (χ1) is 9.66. The predicted molar refractivity (Wildman–Crippen MR) is 79.4 cm³/mol. The summed E-state index contributed by atoms with van der Waals surface area (Å²) in [5.41, 5.74) is 1.99. The summed E-state index contributed by atoms with van der Waals surface area (Å²) in [7, 11) is 0. The van der Waals surface area contributed by atoms with Crippen LogP contribution in [0.2, 0.25) is 0 Å². The van der Waals surface area contributed by atoms with Crippen molar-refractivity contribution in [1.82, 2.24) is 19.7 Å². The van der Waals surface area contributed by atoms with Gasteiger partial charge in [-0.15, -0.1) is 0 Å². The van der Waals surface area contributed by atoms with Crippen LogP contribution in [-0.2, 0) is 4.74 Å². The zero-order valence-electron chi connectivity index (χ0n) is 11.5. The highest BCUT2D eigenvalue weighted by atomic mass is 79.9.